The van der Waals surface area contributed by atoms with Gasteiger partial charge in [0, 0.05) is 16.9 Å². The number of piperidine rings is 1. The highest BCUT2D eigenvalue weighted by atomic mass is 35.5. The van der Waals surface area contributed by atoms with Gasteiger partial charge in [0.05, 0.1) is 11.6 Å². The average molecular weight is 428 g/mol. The number of hydrogen-bond donors (Lipinski definition) is 3. The molecular weight excluding hydrogens is 407 g/mol. The number of alkyl halides is 3. The molecule has 1 aliphatic heterocycles. The minimum Gasteiger partial charge on any atom is -0.325 e. The molecule has 2 amide bonds. The highest BCUT2D eigenvalue weighted by Crippen LogP contribution is 2.30. The fourth-order valence-corrected chi connectivity index (χ4v) is 3.02. The Morgan fingerprint density at radius 1 is 0.966 bits per heavy atom. The number of rotatable bonds is 4. The van der Waals surface area contributed by atoms with Crippen molar-refractivity contribution in [1.82, 2.24) is 5.32 Å². The van der Waals surface area contributed by atoms with Crippen molar-refractivity contribution in [3.05, 3.63) is 59.7 Å². The molecule has 0 saturated carbocycles. The molecule has 0 aromatic heterocycles. The Labute approximate surface area is 172 Å². The maximum absolute atomic E-state index is 12.8. The van der Waals surface area contributed by atoms with E-state index in [1.165, 1.54) is 24.3 Å². The maximum atomic E-state index is 12.8. The van der Waals surface area contributed by atoms with E-state index in [0.29, 0.717) is 5.69 Å². The zero-order valence-corrected chi connectivity index (χ0v) is 16.2. The lowest BCUT2D eigenvalue weighted by molar-refractivity contribution is -0.137. The summed E-state index contributed by atoms with van der Waals surface area (Å²) in [5.74, 6) is -0.735. The molecule has 1 fully saturated rings. The van der Waals surface area contributed by atoms with Crippen LogP contribution in [0.25, 0.3) is 0 Å². The standard InChI is InChI=1S/C20H20F3N3O2.ClH/c21-20(22,23)14-6-4-8-16(12-14)25-18(27)13-5-3-7-15(11-13)26-19(28)17-9-1-2-10-24-17;/h3-8,11-12,17,24H,1-2,9-10H2,(H,25,27)(H,26,28);1H. The van der Waals surface area contributed by atoms with Crippen LogP contribution in [-0.2, 0) is 11.0 Å². The van der Waals surface area contributed by atoms with Gasteiger partial charge in [-0.3, -0.25) is 9.59 Å². The fourth-order valence-electron chi connectivity index (χ4n) is 3.02. The largest absolute Gasteiger partial charge is 0.416 e. The molecule has 2 aromatic rings. The SMILES string of the molecule is Cl.O=C(Nc1cccc(C(F)(F)F)c1)c1cccc(NC(=O)C2CCCCN2)c1. The molecule has 2 aromatic carbocycles. The van der Waals surface area contributed by atoms with Gasteiger partial charge in [0.2, 0.25) is 5.91 Å². The summed E-state index contributed by atoms with van der Waals surface area (Å²) in [4.78, 5) is 24.7. The molecule has 3 N–H and O–H groups in total. The second kappa shape index (κ2) is 9.76. The average Bonchev–Trinajstić information content (AvgIpc) is 2.68. The van der Waals surface area contributed by atoms with Gasteiger partial charge in [-0.1, -0.05) is 18.6 Å². The van der Waals surface area contributed by atoms with E-state index in [9.17, 15) is 22.8 Å². The van der Waals surface area contributed by atoms with Crippen LogP contribution in [0.2, 0.25) is 0 Å². The Balaban J connectivity index is 0.00000300. The second-order valence-corrected chi connectivity index (χ2v) is 6.61. The highest BCUT2D eigenvalue weighted by Gasteiger charge is 2.30. The van der Waals surface area contributed by atoms with E-state index < -0.39 is 17.6 Å². The number of hydrogen-bond acceptors (Lipinski definition) is 3. The Kier molecular flexibility index (Phi) is 7.64. The van der Waals surface area contributed by atoms with Crippen LogP contribution in [0.5, 0.6) is 0 Å². The molecule has 9 heteroatoms. The summed E-state index contributed by atoms with van der Waals surface area (Å²) in [5.41, 5.74) is -0.118. The third kappa shape index (κ3) is 6.20. The van der Waals surface area contributed by atoms with Crippen molar-refractivity contribution in [1.29, 1.82) is 0 Å². The first-order valence-electron chi connectivity index (χ1n) is 8.96. The van der Waals surface area contributed by atoms with Crippen LogP contribution in [0.4, 0.5) is 24.5 Å². The lowest BCUT2D eigenvalue weighted by atomic mass is 10.0. The van der Waals surface area contributed by atoms with Crippen molar-refractivity contribution in [2.24, 2.45) is 0 Å². The summed E-state index contributed by atoms with van der Waals surface area (Å²) in [6.45, 7) is 0.789. The molecule has 1 heterocycles. The van der Waals surface area contributed by atoms with Crippen molar-refractivity contribution in [3.63, 3.8) is 0 Å². The number of amides is 2. The van der Waals surface area contributed by atoms with Crippen LogP contribution in [-0.4, -0.2) is 24.4 Å². The highest BCUT2D eigenvalue weighted by molar-refractivity contribution is 6.05. The van der Waals surface area contributed by atoms with Crippen LogP contribution in [0.3, 0.4) is 0 Å². The third-order valence-corrected chi connectivity index (χ3v) is 4.47. The Bertz CT molecular complexity index is 868. The van der Waals surface area contributed by atoms with Gasteiger partial charge in [-0.2, -0.15) is 13.2 Å². The van der Waals surface area contributed by atoms with E-state index >= 15 is 0 Å². The lowest BCUT2D eigenvalue weighted by Gasteiger charge is -2.22. The first kappa shape index (κ1) is 22.7. The van der Waals surface area contributed by atoms with Gasteiger partial charge in [-0.15, -0.1) is 12.4 Å². The van der Waals surface area contributed by atoms with Crippen molar-refractivity contribution in [2.75, 3.05) is 17.2 Å². The van der Waals surface area contributed by atoms with Crippen LogP contribution >= 0.6 is 12.4 Å². The van der Waals surface area contributed by atoms with Gasteiger partial charge in [0.1, 0.15) is 0 Å². The number of nitrogens with one attached hydrogen (secondary N) is 3. The molecule has 3 rings (SSSR count). The maximum Gasteiger partial charge on any atom is 0.416 e. The van der Waals surface area contributed by atoms with Crippen LogP contribution in [0.1, 0.15) is 35.2 Å². The second-order valence-electron chi connectivity index (χ2n) is 6.61. The van der Waals surface area contributed by atoms with E-state index in [4.69, 9.17) is 0 Å². The first-order chi connectivity index (χ1) is 13.3. The van der Waals surface area contributed by atoms with E-state index in [1.54, 1.807) is 12.1 Å². The Morgan fingerprint density at radius 3 is 2.31 bits per heavy atom. The van der Waals surface area contributed by atoms with Crippen LogP contribution < -0.4 is 16.0 Å². The normalized spacial score (nSPS) is 16.4. The molecule has 5 nitrogen and oxygen atoms in total. The van der Waals surface area contributed by atoms with E-state index in [0.717, 1.165) is 37.9 Å². The minimum atomic E-state index is -4.49. The molecule has 0 aliphatic carbocycles. The van der Waals surface area contributed by atoms with Crippen LogP contribution in [0.15, 0.2) is 48.5 Å². The van der Waals surface area contributed by atoms with Gasteiger partial charge in [0.15, 0.2) is 0 Å². The third-order valence-electron chi connectivity index (χ3n) is 4.47. The summed E-state index contributed by atoms with van der Waals surface area (Å²) in [7, 11) is 0. The Hall–Kier alpha value is -2.58. The molecule has 1 unspecified atom stereocenters. The van der Waals surface area contributed by atoms with Crippen molar-refractivity contribution >= 4 is 35.6 Å². The van der Waals surface area contributed by atoms with Crippen molar-refractivity contribution < 1.29 is 22.8 Å². The van der Waals surface area contributed by atoms with Gasteiger partial charge >= 0.3 is 6.18 Å². The topological polar surface area (TPSA) is 70.2 Å². The molecule has 1 atom stereocenters. The van der Waals surface area contributed by atoms with Crippen molar-refractivity contribution in [3.8, 4) is 0 Å². The van der Waals surface area contributed by atoms with Crippen LogP contribution in [0, 0.1) is 0 Å². The Morgan fingerprint density at radius 2 is 1.66 bits per heavy atom. The zero-order valence-electron chi connectivity index (χ0n) is 15.4. The monoisotopic (exact) mass is 427 g/mol. The van der Waals surface area contributed by atoms with Gasteiger partial charge in [-0.25, -0.2) is 0 Å². The summed E-state index contributed by atoms with van der Waals surface area (Å²) >= 11 is 0. The molecule has 1 aliphatic rings. The van der Waals surface area contributed by atoms with E-state index in [-0.39, 0.29) is 35.6 Å². The summed E-state index contributed by atoms with van der Waals surface area (Å²) < 4.78 is 38.4. The fraction of sp³-hybridized carbons (Fsp3) is 0.300. The number of anilines is 2. The summed E-state index contributed by atoms with van der Waals surface area (Å²) in [5, 5.41) is 8.36. The number of benzene rings is 2. The quantitative estimate of drug-likeness (QED) is 0.674. The van der Waals surface area contributed by atoms with Gasteiger partial charge in [-0.05, 0) is 55.8 Å². The predicted octanol–water partition coefficient (Wildman–Crippen LogP) is 4.46. The predicted molar refractivity (Wildman–Crippen MR) is 107 cm³/mol. The number of carbonyl (C=O) groups is 2. The first-order valence-corrected chi connectivity index (χ1v) is 8.96. The molecular formula is C20H21ClF3N3O2. The smallest absolute Gasteiger partial charge is 0.325 e. The number of carbonyl (C=O) groups excluding carboxylic acids is 2. The number of halogens is 4. The molecule has 29 heavy (non-hydrogen) atoms. The lowest BCUT2D eigenvalue weighted by Crippen LogP contribution is -2.43. The molecule has 0 bridgehead atoms. The zero-order chi connectivity index (χ0) is 20.1. The summed E-state index contributed by atoms with van der Waals surface area (Å²) in [6.07, 6.45) is -1.72. The van der Waals surface area contributed by atoms with Gasteiger partial charge in [0.25, 0.3) is 5.91 Å². The molecule has 0 spiro atoms. The van der Waals surface area contributed by atoms with Crippen molar-refractivity contribution in [2.45, 2.75) is 31.5 Å². The summed E-state index contributed by atoms with van der Waals surface area (Å²) in [6, 6.07) is 10.4. The molecule has 1 saturated heterocycles. The molecule has 156 valence electrons. The van der Waals surface area contributed by atoms with E-state index in [1.807, 2.05) is 0 Å². The minimum absolute atomic E-state index is 0. The van der Waals surface area contributed by atoms with E-state index in [2.05, 4.69) is 16.0 Å². The molecule has 0 radical (unpaired) electrons. The van der Waals surface area contributed by atoms with Gasteiger partial charge < -0.3 is 16.0 Å².